The van der Waals surface area contributed by atoms with Crippen LogP contribution in [0.5, 0.6) is 0 Å². The van der Waals surface area contributed by atoms with Gasteiger partial charge in [-0.05, 0) is 18.8 Å². The van der Waals surface area contributed by atoms with Gasteiger partial charge in [-0.15, -0.1) is 0 Å². The highest BCUT2D eigenvalue weighted by Crippen LogP contribution is 2.26. The van der Waals surface area contributed by atoms with Crippen LogP contribution in [0.1, 0.15) is 84.0 Å². The van der Waals surface area contributed by atoms with Crippen LogP contribution in [0.2, 0.25) is 0 Å². The van der Waals surface area contributed by atoms with Crippen LogP contribution < -0.4 is 0 Å². The first kappa shape index (κ1) is 15.5. The molecule has 1 saturated carbocycles. The van der Waals surface area contributed by atoms with Gasteiger partial charge in [0, 0.05) is 6.42 Å². The van der Waals surface area contributed by atoms with Gasteiger partial charge in [-0.3, -0.25) is 4.79 Å². The molecule has 106 valence electrons. The second kappa shape index (κ2) is 10.4. The Bertz CT molecular complexity index is 207. The van der Waals surface area contributed by atoms with E-state index in [4.69, 9.17) is 4.74 Å². The summed E-state index contributed by atoms with van der Waals surface area (Å²) in [5.74, 6) is 0.832. The van der Waals surface area contributed by atoms with E-state index >= 15 is 0 Å². The minimum Gasteiger partial charge on any atom is -0.466 e. The van der Waals surface area contributed by atoms with Crippen LogP contribution in [-0.2, 0) is 9.53 Å². The number of carbonyl (C=O) groups excluding carboxylic acids is 1. The third kappa shape index (κ3) is 7.73. The molecule has 0 aromatic carbocycles. The van der Waals surface area contributed by atoms with Crippen LogP contribution in [0, 0.1) is 5.92 Å². The van der Waals surface area contributed by atoms with Gasteiger partial charge in [-0.1, -0.05) is 64.7 Å². The molecule has 0 aromatic rings. The molecule has 0 amide bonds. The maximum Gasteiger partial charge on any atom is 0.305 e. The third-order valence-corrected chi connectivity index (χ3v) is 4.00. The van der Waals surface area contributed by atoms with Gasteiger partial charge in [0.2, 0.25) is 0 Å². The Morgan fingerprint density at radius 3 is 2.50 bits per heavy atom. The Morgan fingerprint density at radius 2 is 1.78 bits per heavy atom. The first-order valence-electron chi connectivity index (χ1n) is 7.98. The SMILES string of the molecule is CCCCCCCC(=O)OCCC1CCCCC1. The maximum absolute atomic E-state index is 11.5. The van der Waals surface area contributed by atoms with E-state index in [-0.39, 0.29) is 5.97 Å². The van der Waals surface area contributed by atoms with Gasteiger partial charge in [-0.2, -0.15) is 0 Å². The lowest BCUT2D eigenvalue weighted by Gasteiger charge is -2.21. The second-order valence-electron chi connectivity index (χ2n) is 5.68. The Morgan fingerprint density at radius 1 is 1.06 bits per heavy atom. The zero-order valence-corrected chi connectivity index (χ0v) is 12.1. The summed E-state index contributed by atoms with van der Waals surface area (Å²) in [7, 11) is 0. The Labute approximate surface area is 112 Å². The molecule has 2 heteroatoms. The molecule has 2 nitrogen and oxygen atoms in total. The highest BCUT2D eigenvalue weighted by molar-refractivity contribution is 5.69. The fraction of sp³-hybridized carbons (Fsp3) is 0.938. The molecule has 1 aliphatic carbocycles. The van der Waals surface area contributed by atoms with Crippen LogP contribution >= 0.6 is 0 Å². The molecule has 0 aliphatic heterocycles. The van der Waals surface area contributed by atoms with E-state index in [2.05, 4.69) is 6.92 Å². The largest absolute Gasteiger partial charge is 0.466 e. The van der Waals surface area contributed by atoms with Crippen molar-refractivity contribution in [3.8, 4) is 0 Å². The van der Waals surface area contributed by atoms with Crippen LogP contribution in [0.15, 0.2) is 0 Å². The summed E-state index contributed by atoms with van der Waals surface area (Å²) in [4.78, 5) is 11.5. The quantitative estimate of drug-likeness (QED) is 0.434. The number of rotatable bonds is 9. The van der Waals surface area contributed by atoms with Gasteiger partial charge in [0.05, 0.1) is 6.61 Å². The Hall–Kier alpha value is -0.530. The molecule has 0 spiro atoms. The topological polar surface area (TPSA) is 26.3 Å². The lowest BCUT2D eigenvalue weighted by atomic mass is 9.87. The van der Waals surface area contributed by atoms with Crippen molar-refractivity contribution in [3.05, 3.63) is 0 Å². The van der Waals surface area contributed by atoms with Crippen LogP contribution in [0.3, 0.4) is 0 Å². The van der Waals surface area contributed by atoms with E-state index < -0.39 is 0 Å². The maximum atomic E-state index is 11.5. The summed E-state index contributed by atoms with van der Waals surface area (Å²) in [6.07, 6.45) is 14.5. The van der Waals surface area contributed by atoms with E-state index in [1.807, 2.05) is 0 Å². The first-order valence-corrected chi connectivity index (χ1v) is 7.98. The predicted octanol–water partition coefficient (Wildman–Crippen LogP) is 4.86. The van der Waals surface area contributed by atoms with Gasteiger partial charge >= 0.3 is 5.97 Å². The Balaban J connectivity index is 1.89. The number of hydrogen-bond acceptors (Lipinski definition) is 2. The average Bonchev–Trinajstić information content (AvgIpc) is 2.40. The van der Waals surface area contributed by atoms with E-state index in [0.717, 1.165) is 18.8 Å². The van der Waals surface area contributed by atoms with Gasteiger partial charge in [-0.25, -0.2) is 0 Å². The number of esters is 1. The minimum absolute atomic E-state index is 0.0160. The Kier molecular flexibility index (Phi) is 8.97. The molecule has 0 unspecified atom stereocenters. The standard InChI is InChI=1S/C16H30O2/c1-2-3-4-5-9-12-16(17)18-14-13-15-10-7-6-8-11-15/h15H,2-14H2,1H3. The van der Waals surface area contributed by atoms with Crippen LogP contribution in [0.25, 0.3) is 0 Å². The van der Waals surface area contributed by atoms with Crippen molar-refractivity contribution in [3.63, 3.8) is 0 Å². The summed E-state index contributed by atoms with van der Waals surface area (Å²) < 4.78 is 5.31. The van der Waals surface area contributed by atoms with Gasteiger partial charge < -0.3 is 4.74 Å². The first-order chi connectivity index (χ1) is 8.83. The molecule has 0 atom stereocenters. The number of ether oxygens (including phenoxy) is 1. The lowest BCUT2D eigenvalue weighted by molar-refractivity contribution is -0.144. The highest BCUT2D eigenvalue weighted by Gasteiger charge is 2.13. The highest BCUT2D eigenvalue weighted by atomic mass is 16.5. The number of hydrogen-bond donors (Lipinski definition) is 0. The van der Waals surface area contributed by atoms with Crippen molar-refractivity contribution >= 4 is 5.97 Å². The summed E-state index contributed by atoms with van der Waals surface area (Å²) >= 11 is 0. The monoisotopic (exact) mass is 254 g/mol. The molecule has 0 N–H and O–H groups in total. The van der Waals surface area contributed by atoms with E-state index in [1.165, 1.54) is 57.8 Å². The van der Waals surface area contributed by atoms with Gasteiger partial charge in [0.1, 0.15) is 0 Å². The average molecular weight is 254 g/mol. The van der Waals surface area contributed by atoms with Crippen molar-refractivity contribution in [1.29, 1.82) is 0 Å². The normalized spacial score (nSPS) is 16.7. The van der Waals surface area contributed by atoms with Crippen molar-refractivity contribution in [2.45, 2.75) is 84.0 Å². The lowest BCUT2D eigenvalue weighted by Crippen LogP contribution is -2.12. The van der Waals surface area contributed by atoms with Crippen LogP contribution in [-0.4, -0.2) is 12.6 Å². The fourth-order valence-electron chi connectivity index (χ4n) is 2.76. The molecule has 0 bridgehead atoms. The molecule has 1 aliphatic rings. The molecular weight excluding hydrogens is 224 g/mol. The van der Waals surface area contributed by atoms with Crippen LogP contribution in [0.4, 0.5) is 0 Å². The minimum atomic E-state index is 0.0160. The smallest absolute Gasteiger partial charge is 0.305 e. The van der Waals surface area contributed by atoms with Gasteiger partial charge in [0.25, 0.3) is 0 Å². The summed E-state index contributed by atoms with van der Waals surface area (Å²) in [5, 5.41) is 0. The molecule has 0 radical (unpaired) electrons. The van der Waals surface area contributed by atoms with Crippen molar-refractivity contribution in [1.82, 2.24) is 0 Å². The zero-order chi connectivity index (χ0) is 13.1. The molecule has 0 heterocycles. The molecule has 1 fully saturated rings. The molecular formula is C16H30O2. The number of unbranched alkanes of at least 4 members (excludes halogenated alkanes) is 4. The third-order valence-electron chi connectivity index (χ3n) is 4.00. The van der Waals surface area contributed by atoms with Crippen molar-refractivity contribution in [2.75, 3.05) is 6.61 Å². The van der Waals surface area contributed by atoms with Crippen molar-refractivity contribution < 1.29 is 9.53 Å². The molecule has 0 aromatic heterocycles. The summed E-state index contributed by atoms with van der Waals surface area (Å²) in [5.41, 5.74) is 0. The molecule has 0 saturated heterocycles. The molecule has 18 heavy (non-hydrogen) atoms. The predicted molar refractivity (Wildman–Crippen MR) is 75.5 cm³/mol. The van der Waals surface area contributed by atoms with Crippen molar-refractivity contribution in [2.24, 2.45) is 5.92 Å². The summed E-state index contributed by atoms with van der Waals surface area (Å²) in [6.45, 7) is 2.86. The van der Waals surface area contributed by atoms with Gasteiger partial charge in [0.15, 0.2) is 0 Å². The number of carbonyl (C=O) groups is 1. The zero-order valence-electron chi connectivity index (χ0n) is 12.1. The van der Waals surface area contributed by atoms with E-state index in [1.54, 1.807) is 0 Å². The molecule has 1 rings (SSSR count). The van der Waals surface area contributed by atoms with E-state index in [9.17, 15) is 4.79 Å². The second-order valence-corrected chi connectivity index (χ2v) is 5.68. The van der Waals surface area contributed by atoms with E-state index in [0.29, 0.717) is 13.0 Å². The fourth-order valence-corrected chi connectivity index (χ4v) is 2.76. The summed E-state index contributed by atoms with van der Waals surface area (Å²) in [6, 6.07) is 0.